The van der Waals surface area contributed by atoms with E-state index in [1.54, 1.807) is 30.3 Å². The molecule has 0 aliphatic heterocycles. The summed E-state index contributed by atoms with van der Waals surface area (Å²) in [5.41, 5.74) is -0.0851. The highest BCUT2D eigenvalue weighted by molar-refractivity contribution is 5.94. The van der Waals surface area contributed by atoms with E-state index >= 15 is 0 Å². The van der Waals surface area contributed by atoms with Gasteiger partial charge < -0.3 is 14.2 Å². The maximum atomic E-state index is 11.8. The molecule has 1 atom stereocenters. The van der Waals surface area contributed by atoms with Crippen LogP contribution in [0.2, 0.25) is 0 Å². The zero-order chi connectivity index (χ0) is 20.1. The van der Waals surface area contributed by atoms with Crippen molar-refractivity contribution in [2.45, 2.75) is 46.0 Å². The lowest BCUT2D eigenvalue weighted by atomic mass is 10.0. The standard InChI is InChI=1S/C21H28O6/c1-4-6-10-17(5-2)14-25-20(23)15-26-21(24)16(3)13-19(22)27-18-11-8-7-9-12-18/h7-9,11-12,17H,3-6,10,13-15H2,1-2H3. The number of carbonyl (C=O) groups excluding carboxylic acids is 3. The molecule has 0 aromatic heterocycles. The third-order valence-electron chi connectivity index (χ3n) is 3.97. The van der Waals surface area contributed by atoms with Gasteiger partial charge in [0.2, 0.25) is 0 Å². The highest BCUT2D eigenvalue weighted by Crippen LogP contribution is 2.13. The molecule has 148 valence electrons. The van der Waals surface area contributed by atoms with Crippen molar-refractivity contribution in [2.24, 2.45) is 5.92 Å². The third kappa shape index (κ3) is 9.58. The zero-order valence-electron chi connectivity index (χ0n) is 16.1. The molecule has 1 unspecified atom stereocenters. The first-order valence-corrected chi connectivity index (χ1v) is 9.22. The van der Waals surface area contributed by atoms with E-state index in [1.807, 2.05) is 6.92 Å². The molecule has 6 heteroatoms. The monoisotopic (exact) mass is 376 g/mol. The quantitative estimate of drug-likeness (QED) is 0.313. The number of rotatable bonds is 12. The Morgan fingerprint density at radius 3 is 2.37 bits per heavy atom. The van der Waals surface area contributed by atoms with E-state index in [0.717, 1.165) is 25.7 Å². The molecule has 1 rings (SSSR count). The fraction of sp³-hybridized carbons (Fsp3) is 0.476. The number of ether oxygens (including phenoxy) is 3. The van der Waals surface area contributed by atoms with Crippen LogP contribution < -0.4 is 4.74 Å². The number of hydrogen-bond donors (Lipinski definition) is 0. The van der Waals surface area contributed by atoms with Crippen LogP contribution in [0.3, 0.4) is 0 Å². The first-order chi connectivity index (χ1) is 13.0. The Morgan fingerprint density at radius 1 is 1.04 bits per heavy atom. The molecule has 0 radical (unpaired) electrons. The van der Waals surface area contributed by atoms with Gasteiger partial charge in [0.05, 0.1) is 13.0 Å². The molecule has 1 aromatic rings. The molecule has 0 saturated carbocycles. The van der Waals surface area contributed by atoms with Crippen molar-refractivity contribution in [1.82, 2.24) is 0 Å². The number of esters is 3. The average molecular weight is 376 g/mol. The number of para-hydroxylation sites is 1. The van der Waals surface area contributed by atoms with Crippen LogP contribution in [0, 0.1) is 5.92 Å². The van der Waals surface area contributed by atoms with Gasteiger partial charge in [-0.15, -0.1) is 0 Å². The normalized spacial score (nSPS) is 11.3. The van der Waals surface area contributed by atoms with Gasteiger partial charge >= 0.3 is 17.9 Å². The molecule has 0 aliphatic carbocycles. The van der Waals surface area contributed by atoms with Crippen molar-refractivity contribution in [2.75, 3.05) is 13.2 Å². The van der Waals surface area contributed by atoms with Crippen molar-refractivity contribution < 1.29 is 28.6 Å². The summed E-state index contributed by atoms with van der Waals surface area (Å²) in [6.07, 6.45) is 3.78. The Labute approximate surface area is 160 Å². The Morgan fingerprint density at radius 2 is 1.74 bits per heavy atom. The van der Waals surface area contributed by atoms with E-state index in [9.17, 15) is 14.4 Å². The highest BCUT2D eigenvalue weighted by atomic mass is 16.6. The minimum absolute atomic E-state index is 0.0851. The van der Waals surface area contributed by atoms with Crippen LogP contribution in [0.1, 0.15) is 46.0 Å². The van der Waals surface area contributed by atoms with Gasteiger partial charge in [-0.2, -0.15) is 0 Å². The lowest BCUT2D eigenvalue weighted by Crippen LogP contribution is -2.21. The summed E-state index contributed by atoms with van der Waals surface area (Å²) in [7, 11) is 0. The van der Waals surface area contributed by atoms with Gasteiger partial charge in [0.15, 0.2) is 6.61 Å². The molecule has 0 aliphatic rings. The number of carbonyl (C=O) groups is 3. The van der Waals surface area contributed by atoms with Crippen LogP contribution in [-0.4, -0.2) is 31.1 Å². The maximum absolute atomic E-state index is 11.8. The number of hydrogen-bond acceptors (Lipinski definition) is 6. The smallest absolute Gasteiger partial charge is 0.344 e. The second kappa shape index (κ2) is 12.7. The van der Waals surface area contributed by atoms with Crippen molar-refractivity contribution in [3.63, 3.8) is 0 Å². The number of benzene rings is 1. The summed E-state index contributed by atoms with van der Waals surface area (Å²) in [4.78, 5) is 35.3. The van der Waals surface area contributed by atoms with Gasteiger partial charge in [-0.3, -0.25) is 4.79 Å². The van der Waals surface area contributed by atoms with Crippen LogP contribution in [0.5, 0.6) is 5.75 Å². The summed E-state index contributed by atoms with van der Waals surface area (Å²) in [6.45, 7) is 7.48. The molecular weight excluding hydrogens is 348 g/mol. The molecule has 0 N–H and O–H groups in total. The summed E-state index contributed by atoms with van der Waals surface area (Å²) in [5, 5.41) is 0. The SMILES string of the molecule is C=C(CC(=O)Oc1ccccc1)C(=O)OCC(=O)OCC(CC)CCCC. The molecule has 0 amide bonds. The van der Waals surface area contributed by atoms with Gasteiger partial charge in [0.1, 0.15) is 5.75 Å². The van der Waals surface area contributed by atoms with Gasteiger partial charge in [-0.05, 0) is 24.5 Å². The second-order valence-electron chi connectivity index (χ2n) is 6.24. The largest absolute Gasteiger partial charge is 0.463 e. The van der Waals surface area contributed by atoms with E-state index in [-0.39, 0.29) is 12.0 Å². The predicted molar refractivity (Wildman–Crippen MR) is 101 cm³/mol. The third-order valence-corrected chi connectivity index (χ3v) is 3.97. The predicted octanol–water partition coefficient (Wildman–Crippen LogP) is 3.84. The molecule has 0 bridgehead atoms. The minimum atomic E-state index is -0.824. The molecule has 1 aromatic carbocycles. The van der Waals surface area contributed by atoms with Crippen LogP contribution in [0.4, 0.5) is 0 Å². The minimum Gasteiger partial charge on any atom is -0.463 e. The molecule has 6 nitrogen and oxygen atoms in total. The summed E-state index contributed by atoms with van der Waals surface area (Å²) >= 11 is 0. The highest BCUT2D eigenvalue weighted by Gasteiger charge is 2.17. The Balaban J connectivity index is 2.28. The molecule has 27 heavy (non-hydrogen) atoms. The fourth-order valence-corrected chi connectivity index (χ4v) is 2.28. The molecule has 0 saturated heterocycles. The summed E-state index contributed by atoms with van der Waals surface area (Å²) < 4.78 is 15.1. The van der Waals surface area contributed by atoms with Crippen molar-refractivity contribution >= 4 is 17.9 Å². The van der Waals surface area contributed by atoms with Crippen LogP contribution in [0.25, 0.3) is 0 Å². The van der Waals surface area contributed by atoms with Gasteiger partial charge in [0.25, 0.3) is 0 Å². The molecular formula is C21H28O6. The van der Waals surface area contributed by atoms with Crippen molar-refractivity contribution in [3.05, 3.63) is 42.5 Å². The Kier molecular flexibility index (Phi) is 10.5. The first-order valence-electron chi connectivity index (χ1n) is 9.22. The van der Waals surface area contributed by atoms with Gasteiger partial charge in [-0.25, -0.2) is 9.59 Å². The van der Waals surface area contributed by atoms with Crippen LogP contribution >= 0.6 is 0 Å². The lowest BCUT2D eigenvalue weighted by Gasteiger charge is -2.14. The van der Waals surface area contributed by atoms with Gasteiger partial charge in [-0.1, -0.05) is 57.9 Å². The van der Waals surface area contributed by atoms with E-state index in [1.165, 1.54) is 0 Å². The Hall–Kier alpha value is -2.63. The molecule has 0 fully saturated rings. The van der Waals surface area contributed by atoms with E-state index in [2.05, 4.69) is 13.5 Å². The number of unbranched alkanes of at least 4 members (excludes halogenated alkanes) is 1. The van der Waals surface area contributed by atoms with Gasteiger partial charge in [0, 0.05) is 5.57 Å². The topological polar surface area (TPSA) is 78.9 Å². The van der Waals surface area contributed by atoms with Crippen LogP contribution in [0.15, 0.2) is 42.5 Å². The Bertz CT molecular complexity index is 623. The summed E-state index contributed by atoms with van der Waals surface area (Å²) in [6, 6.07) is 8.49. The lowest BCUT2D eigenvalue weighted by molar-refractivity contribution is -0.157. The maximum Gasteiger partial charge on any atom is 0.344 e. The fourth-order valence-electron chi connectivity index (χ4n) is 2.28. The zero-order valence-corrected chi connectivity index (χ0v) is 16.1. The van der Waals surface area contributed by atoms with E-state index in [4.69, 9.17) is 14.2 Å². The van der Waals surface area contributed by atoms with Crippen molar-refractivity contribution in [1.29, 1.82) is 0 Å². The van der Waals surface area contributed by atoms with Crippen LogP contribution in [-0.2, 0) is 23.9 Å². The van der Waals surface area contributed by atoms with E-state index in [0.29, 0.717) is 18.3 Å². The summed E-state index contributed by atoms with van der Waals surface area (Å²) in [5.74, 6) is -1.38. The molecule has 0 spiro atoms. The second-order valence-corrected chi connectivity index (χ2v) is 6.24. The average Bonchev–Trinajstić information content (AvgIpc) is 2.66. The van der Waals surface area contributed by atoms with E-state index < -0.39 is 24.5 Å². The first kappa shape index (κ1) is 22.4. The van der Waals surface area contributed by atoms with Crippen molar-refractivity contribution in [3.8, 4) is 5.75 Å². The molecule has 0 heterocycles.